The number of hydrogen-bond acceptors (Lipinski definition) is 2. The smallest absolute Gasteiger partial charge is 0.0509 e. The molecule has 2 nitrogen and oxygen atoms in total. The molecule has 0 fully saturated rings. The fourth-order valence-corrected chi connectivity index (χ4v) is 0.890. The second-order valence-corrected chi connectivity index (χ2v) is 3.41. The molecule has 11 heavy (non-hydrogen) atoms. The van der Waals surface area contributed by atoms with Crippen LogP contribution in [0.1, 0.15) is 26.7 Å². The molecule has 0 unspecified atom stereocenters. The van der Waals surface area contributed by atoms with Crippen LogP contribution >= 0.6 is 0 Å². The molecule has 0 aliphatic carbocycles. The van der Waals surface area contributed by atoms with E-state index in [-0.39, 0.29) is 18.6 Å². The van der Waals surface area contributed by atoms with Crippen molar-refractivity contribution < 1.29 is 10.2 Å². The van der Waals surface area contributed by atoms with Crippen LogP contribution in [0, 0.1) is 5.41 Å². The molecule has 0 rings (SSSR count). The molecule has 0 aliphatic rings. The lowest BCUT2D eigenvalue weighted by Crippen LogP contribution is -2.26. The standard InChI is InChI=1S/C9H18O2/c1-4-8(2)5-9(3,6-10)7-11/h10-11H,2,4-7H2,1,3H3. The highest BCUT2D eigenvalue weighted by molar-refractivity contribution is 4.98. The molecule has 0 saturated carbocycles. The molecule has 0 atom stereocenters. The highest BCUT2D eigenvalue weighted by Gasteiger charge is 2.22. The van der Waals surface area contributed by atoms with Gasteiger partial charge in [0.2, 0.25) is 0 Å². The number of aliphatic hydroxyl groups excluding tert-OH is 2. The zero-order valence-electron chi connectivity index (χ0n) is 7.43. The predicted molar refractivity (Wildman–Crippen MR) is 46.3 cm³/mol. The highest BCUT2D eigenvalue weighted by Crippen LogP contribution is 2.24. The van der Waals surface area contributed by atoms with E-state index in [1.165, 1.54) is 0 Å². The summed E-state index contributed by atoms with van der Waals surface area (Å²) in [5, 5.41) is 17.9. The molecule has 0 saturated heterocycles. The Bertz CT molecular complexity index is 126. The van der Waals surface area contributed by atoms with E-state index in [4.69, 9.17) is 10.2 Å². The van der Waals surface area contributed by atoms with Crippen molar-refractivity contribution in [3.8, 4) is 0 Å². The summed E-state index contributed by atoms with van der Waals surface area (Å²) in [6.45, 7) is 7.74. The molecule has 0 aromatic carbocycles. The summed E-state index contributed by atoms with van der Waals surface area (Å²) in [5.74, 6) is 0. The molecule has 0 heterocycles. The average molecular weight is 158 g/mol. The van der Waals surface area contributed by atoms with Crippen LogP contribution in [0.2, 0.25) is 0 Å². The summed E-state index contributed by atoms with van der Waals surface area (Å²) in [6, 6.07) is 0. The number of hydrogen-bond donors (Lipinski definition) is 2. The van der Waals surface area contributed by atoms with Crippen molar-refractivity contribution in [3.63, 3.8) is 0 Å². The third kappa shape index (κ3) is 3.54. The summed E-state index contributed by atoms with van der Waals surface area (Å²) < 4.78 is 0. The van der Waals surface area contributed by atoms with Gasteiger partial charge in [-0.2, -0.15) is 0 Å². The number of rotatable bonds is 5. The summed E-state index contributed by atoms with van der Waals surface area (Å²) in [4.78, 5) is 0. The Hall–Kier alpha value is -0.340. The Morgan fingerprint density at radius 1 is 1.36 bits per heavy atom. The lowest BCUT2D eigenvalue weighted by Gasteiger charge is -2.25. The van der Waals surface area contributed by atoms with E-state index in [0.717, 1.165) is 12.0 Å². The van der Waals surface area contributed by atoms with Gasteiger partial charge in [0.1, 0.15) is 0 Å². The minimum Gasteiger partial charge on any atom is -0.396 e. The summed E-state index contributed by atoms with van der Waals surface area (Å²) in [6.07, 6.45) is 1.62. The molecule has 66 valence electrons. The monoisotopic (exact) mass is 158 g/mol. The van der Waals surface area contributed by atoms with E-state index < -0.39 is 0 Å². The van der Waals surface area contributed by atoms with Crippen LogP contribution in [0.4, 0.5) is 0 Å². The van der Waals surface area contributed by atoms with Gasteiger partial charge in [0.05, 0.1) is 13.2 Å². The van der Waals surface area contributed by atoms with Gasteiger partial charge in [-0.15, -0.1) is 0 Å². The van der Waals surface area contributed by atoms with Gasteiger partial charge in [0.15, 0.2) is 0 Å². The lowest BCUT2D eigenvalue weighted by molar-refractivity contribution is 0.0699. The molecule has 0 bridgehead atoms. The summed E-state index contributed by atoms with van der Waals surface area (Å²) >= 11 is 0. The first kappa shape index (κ1) is 10.7. The molecule has 0 aromatic heterocycles. The Kier molecular flexibility index (Phi) is 4.38. The molecule has 0 aromatic rings. The third-order valence-corrected chi connectivity index (χ3v) is 1.94. The molecule has 0 amide bonds. The fourth-order valence-electron chi connectivity index (χ4n) is 0.890. The van der Waals surface area contributed by atoms with E-state index >= 15 is 0 Å². The van der Waals surface area contributed by atoms with Crippen molar-refractivity contribution >= 4 is 0 Å². The largest absolute Gasteiger partial charge is 0.396 e. The third-order valence-electron chi connectivity index (χ3n) is 1.94. The Labute approximate surface area is 68.6 Å². The Morgan fingerprint density at radius 3 is 2.09 bits per heavy atom. The summed E-state index contributed by atoms with van der Waals surface area (Å²) in [5.41, 5.74) is 0.697. The molecular weight excluding hydrogens is 140 g/mol. The van der Waals surface area contributed by atoms with E-state index in [0.29, 0.717) is 6.42 Å². The molecule has 0 radical (unpaired) electrons. The van der Waals surface area contributed by atoms with Gasteiger partial charge >= 0.3 is 0 Å². The summed E-state index contributed by atoms with van der Waals surface area (Å²) in [7, 11) is 0. The number of aliphatic hydroxyl groups is 2. The van der Waals surface area contributed by atoms with Crippen LogP contribution < -0.4 is 0 Å². The Morgan fingerprint density at radius 2 is 1.82 bits per heavy atom. The zero-order chi connectivity index (χ0) is 8.91. The Balaban J connectivity index is 3.96. The van der Waals surface area contributed by atoms with Gasteiger partial charge in [-0.3, -0.25) is 0 Å². The SMILES string of the molecule is C=C(CC)CC(C)(CO)CO. The zero-order valence-corrected chi connectivity index (χ0v) is 7.43. The van der Waals surface area contributed by atoms with Crippen LogP contribution in [-0.2, 0) is 0 Å². The van der Waals surface area contributed by atoms with E-state index in [9.17, 15) is 0 Å². The first-order valence-electron chi connectivity index (χ1n) is 3.96. The van der Waals surface area contributed by atoms with Gasteiger partial charge in [0, 0.05) is 5.41 Å². The van der Waals surface area contributed by atoms with E-state index in [1.54, 1.807) is 0 Å². The molecule has 0 spiro atoms. The second kappa shape index (κ2) is 4.52. The average Bonchev–Trinajstić information content (AvgIpc) is 2.04. The topological polar surface area (TPSA) is 40.5 Å². The second-order valence-electron chi connectivity index (χ2n) is 3.41. The van der Waals surface area contributed by atoms with Crippen molar-refractivity contribution in [2.45, 2.75) is 26.7 Å². The quantitative estimate of drug-likeness (QED) is 0.593. The minimum absolute atomic E-state index is 0.0164. The van der Waals surface area contributed by atoms with E-state index in [1.807, 2.05) is 13.8 Å². The van der Waals surface area contributed by atoms with Crippen molar-refractivity contribution in [1.82, 2.24) is 0 Å². The normalized spacial score (nSPS) is 11.6. The highest BCUT2D eigenvalue weighted by atomic mass is 16.3. The van der Waals surface area contributed by atoms with Crippen LogP contribution in [0.15, 0.2) is 12.2 Å². The lowest BCUT2D eigenvalue weighted by atomic mass is 9.85. The predicted octanol–water partition coefficient (Wildman–Crippen LogP) is 1.33. The number of allylic oxidation sites excluding steroid dienone is 1. The van der Waals surface area contributed by atoms with Crippen LogP contribution in [0.25, 0.3) is 0 Å². The fraction of sp³-hybridized carbons (Fsp3) is 0.778. The van der Waals surface area contributed by atoms with Gasteiger partial charge < -0.3 is 10.2 Å². The minimum atomic E-state index is -0.382. The molecule has 0 aliphatic heterocycles. The van der Waals surface area contributed by atoms with E-state index in [2.05, 4.69) is 6.58 Å². The first-order valence-corrected chi connectivity index (χ1v) is 3.96. The van der Waals surface area contributed by atoms with Gasteiger partial charge in [-0.1, -0.05) is 26.0 Å². The van der Waals surface area contributed by atoms with Gasteiger partial charge in [-0.05, 0) is 12.8 Å². The van der Waals surface area contributed by atoms with Gasteiger partial charge in [-0.25, -0.2) is 0 Å². The van der Waals surface area contributed by atoms with Crippen LogP contribution in [-0.4, -0.2) is 23.4 Å². The maximum Gasteiger partial charge on any atom is 0.0509 e. The van der Waals surface area contributed by atoms with Crippen molar-refractivity contribution in [1.29, 1.82) is 0 Å². The van der Waals surface area contributed by atoms with Gasteiger partial charge in [0.25, 0.3) is 0 Å². The molecule has 2 N–H and O–H groups in total. The van der Waals surface area contributed by atoms with Crippen LogP contribution in [0.5, 0.6) is 0 Å². The van der Waals surface area contributed by atoms with Crippen molar-refractivity contribution in [2.75, 3.05) is 13.2 Å². The van der Waals surface area contributed by atoms with Crippen molar-refractivity contribution in [2.24, 2.45) is 5.41 Å². The maximum absolute atomic E-state index is 8.93. The maximum atomic E-state index is 8.93. The molecular formula is C9H18O2. The van der Waals surface area contributed by atoms with Crippen LogP contribution in [0.3, 0.4) is 0 Å². The van der Waals surface area contributed by atoms with Crippen molar-refractivity contribution in [3.05, 3.63) is 12.2 Å². The molecule has 2 heteroatoms. The first-order chi connectivity index (χ1) is 5.08.